The standard InChI is InChI=1S/C11H6Cl2N2O3/c12-6-1-5(2-7(13)3-6)9-14-4-8(11(17)18)10(16)15-9/h1-4H,(H,17,18)(H,14,15,16). The van der Waals surface area contributed by atoms with Crippen molar-refractivity contribution in [3.8, 4) is 11.4 Å². The van der Waals surface area contributed by atoms with Crippen LogP contribution in [0.4, 0.5) is 0 Å². The first kappa shape index (κ1) is 12.6. The fourth-order valence-corrected chi connectivity index (χ4v) is 1.91. The Balaban J connectivity index is 2.55. The van der Waals surface area contributed by atoms with Crippen molar-refractivity contribution in [2.75, 3.05) is 0 Å². The number of halogens is 2. The van der Waals surface area contributed by atoms with E-state index in [4.69, 9.17) is 28.3 Å². The minimum Gasteiger partial charge on any atom is -0.477 e. The molecule has 2 aromatic rings. The van der Waals surface area contributed by atoms with Crippen LogP contribution in [0.3, 0.4) is 0 Å². The van der Waals surface area contributed by atoms with E-state index >= 15 is 0 Å². The number of H-pyrrole nitrogens is 1. The van der Waals surface area contributed by atoms with Crippen molar-refractivity contribution in [3.05, 3.63) is 50.4 Å². The first-order chi connectivity index (χ1) is 8.47. The topological polar surface area (TPSA) is 83.0 Å². The minimum absolute atomic E-state index is 0.203. The Kier molecular flexibility index (Phi) is 3.36. The molecule has 92 valence electrons. The normalized spacial score (nSPS) is 10.3. The second kappa shape index (κ2) is 4.80. The highest BCUT2D eigenvalue weighted by Gasteiger charge is 2.11. The maximum atomic E-state index is 11.5. The Hall–Kier alpha value is -1.85. The van der Waals surface area contributed by atoms with Gasteiger partial charge in [0.2, 0.25) is 0 Å². The first-order valence-electron chi connectivity index (χ1n) is 4.76. The van der Waals surface area contributed by atoms with Crippen LogP contribution in [0.5, 0.6) is 0 Å². The van der Waals surface area contributed by atoms with Gasteiger partial charge in [-0.25, -0.2) is 9.78 Å². The Labute approximate surface area is 111 Å². The van der Waals surface area contributed by atoms with Gasteiger partial charge in [0.05, 0.1) is 0 Å². The summed E-state index contributed by atoms with van der Waals surface area (Å²) in [5.74, 6) is -1.13. The smallest absolute Gasteiger partial charge is 0.342 e. The number of nitrogens with zero attached hydrogens (tertiary/aromatic N) is 1. The van der Waals surface area contributed by atoms with Crippen molar-refractivity contribution < 1.29 is 9.90 Å². The molecule has 0 unspecified atom stereocenters. The number of benzene rings is 1. The van der Waals surface area contributed by atoms with Gasteiger partial charge in [0.15, 0.2) is 0 Å². The predicted molar refractivity (Wildman–Crippen MR) is 67.3 cm³/mol. The SMILES string of the molecule is O=C(O)c1cnc(-c2cc(Cl)cc(Cl)c2)[nH]c1=O. The summed E-state index contributed by atoms with van der Waals surface area (Å²) in [7, 11) is 0. The fourth-order valence-electron chi connectivity index (χ4n) is 1.38. The third kappa shape index (κ3) is 2.52. The van der Waals surface area contributed by atoms with E-state index in [2.05, 4.69) is 9.97 Å². The van der Waals surface area contributed by atoms with Crippen LogP contribution >= 0.6 is 23.2 Å². The van der Waals surface area contributed by atoms with Crippen LogP contribution in [0.25, 0.3) is 11.4 Å². The van der Waals surface area contributed by atoms with Crippen LogP contribution in [0, 0.1) is 0 Å². The molecule has 18 heavy (non-hydrogen) atoms. The van der Waals surface area contributed by atoms with Gasteiger partial charge in [0.1, 0.15) is 11.4 Å². The van der Waals surface area contributed by atoms with Gasteiger partial charge in [-0.15, -0.1) is 0 Å². The summed E-state index contributed by atoms with van der Waals surface area (Å²) in [5, 5.41) is 9.50. The van der Waals surface area contributed by atoms with Gasteiger partial charge in [-0.05, 0) is 18.2 Å². The van der Waals surface area contributed by atoms with E-state index in [0.29, 0.717) is 15.6 Å². The van der Waals surface area contributed by atoms with Crippen LogP contribution < -0.4 is 5.56 Å². The van der Waals surface area contributed by atoms with E-state index in [1.807, 2.05) is 0 Å². The van der Waals surface area contributed by atoms with Crippen molar-refractivity contribution >= 4 is 29.2 Å². The molecule has 1 heterocycles. The molecule has 0 spiro atoms. The fraction of sp³-hybridized carbons (Fsp3) is 0. The minimum atomic E-state index is -1.33. The van der Waals surface area contributed by atoms with Crippen molar-refractivity contribution in [1.82, 2.24) is 9.97 Å². The highest BCUT2D eigenvalue weighted by atomic mass is 35.5. The van der Waals surface area contributed by atoms with E-state index in [0.717, 1.165) is 6.20 Å². The second-order valence-corrected chi connectivity index (χ2v) is 4.31. The molecule has 0 fully saturated rings. The van der Waals surface area contributed by atoms with Gasteiger partial charge in [-0.1, -0.05) is 23.2 Å². The molecule has 0 amide bonds. The Bertz CT molecular complexity index is 662. The van der Waals surface area contributed by atoms with Crippen LogP contribution in [-0.2, 0) is 0 Å². The molecule has 2 rings (SSSR count). The summed E-state index contributed by atoms with van der Waals surface area (Å²) >= 11 is 11.6. The van der Waals surface area contributed by atoms with Gasteiger partial charge in [-0.2, -0.15) is 0 Å². The van der Waals surface area contributed by atoms with Crippen LogP contribution in [0.1, 0.15) is 10.4 Å². The van der Waals surface area contributed by atoms with Crippen molar-refractivity contribution in [2.45, 2.75) is 0 Å². The van der Waals surface area contributed by atoms with Crippen LogP contribution in [0.2, 0.25) is 10.0 Å². The third-order valence-electron chi connectivity index (χ3n) is 2.17. The first-order valence-corrected chi connectivity index (χ1v) is 5.52. The van der Waals surface area contributed by atoms with Crippen LogP contribution in [0.15, 0.2) is 29.2 Å². The molecule has 1 aromatic carbocycles. The Morgan fingerprint density at radius 1 is 1.22 bits per heavy atom. The number of rotatable bonds is 2. The molecule has 0 aliphatic heterocycles. The van der Waals surface area contributed by atoms with Crippen LogP contribution in [-0.4, -0.2) is 21.0 Å². The zero-order valence-electron chi connectivity index (χ0n) is 8.78. The van der Waals surface area contributed by atoms with E-state index < -0.39 is 17.1 Å². The van der Waals surface area contributed by atoms with Gasteiger partial charge in [0.25, 0.3) is 5.56 Å². The average molecular weight is 285 g/mol. The lowest BCUT2D eigenvalue weighted by atomic mass is 10.2. The van der Waals surface area contributed by atoms with E-state index in [-0.39, 0.29) is 5.82 Å². The Morgan fingerprint density at radius 3 is 2.33 bits per heavy atom. The number of hydrogen-bond donors (Lipinski definition) is 2. The summed E-state index contributed by atoms with van der Waals surface area (Å²) in [6.07, 6.45) is 0.991. The van der Waals surface area contributed by atoms with E-state index in [1.54, 1.807) is 12.1 Å². The lowest BCUT2D eigenvalue weighted by molar-refractivity contribution is 0.0694. The summed E-state index contributed by atoms with van der Waals surface area (Å²) in [6.45, 7) is 0. The second-order valence-electron chi connectivity index (χ2n) is 3.44. The lowest BCUT2D eigenvalue weighted by Gasteiger charge is -2.03. The summed E-state index contributed by atoms with van der Waals surface area (Å²) in [5.41, 5.74) is -0.656. The molecule has 0 atom stereocenters. The highest BCUT2D eigenvalue weighted by molar-refractivity contribution is 6.35. The molecule has 0 saturated heterocycles. The van der Waals surface area contributed by atoms with Gasteiger partial charge in [-0.3, -0.25) is 4.79 Å². The number of aromatic nitrogens is 2. The zero-order valence-corrected chi connectivity index (χ0v) is 10.3. The predicted octanol–water partition coefficient (Wildman–Crippen LogP) is 2.44. The van der Waals surface area contributed by atoms with Crippen molar-refractivity contribution in [2.24, 2.45) is 0 Å². The zero-order chi connectivity index (χ0) is 13.3. The summed E-state index contributed by atoms with van der Waals surface area (Å²) in [6, 6.07) is 4.66. The number of carboxylic acids is 1. The number of nitrogens with one attached hydrogen (secondary N) is 1. The molecule has 2 N–H and O–H groups in total. The summed E-state index contributed by atoms with van der Waals surface area (Å²) < 4.78 is 0. The number of aromatic carboxylic acids is 1. The molecular weight excluding hydrogens is 279 g/mol. The van der Waals surface area contributed by atoms with Crippen molar-refractivity contribution in [1.29, 1.82) is 0 Å². The number of hydrogen-bond acceptors (Lipinski definition) is 3. The Morgan fingerprint density at radius 2 is 1.83 bits per heavy atom. The molecular formula is C11H6Cl2N2O3. The molecule has 7 heteroatoms. The van der Waals surface area contributed by atoms with Crippen molar-refractivity contribution in [3.63, 3.8) is 0 Å². The van der Waals surface area contributed by atoms with E-state index in [9.17, 15) is 9.59 Å². The highest BCUT2D eigenvalue weighted by Crippen LogP contribution is 2.24. The quantitative estimate of drug-likeness (QED) is 0.887. The summed E-state index contributed by atoms with van der Waals surface area (Å²) in [4.78, 5) is 28.4. The monoisotopic (exact) mass is 284 g/mol. The molecule has 0 saturated carbocycles. The lowest BCUT2D eigenvalue weighted by Crippen LogP contribution is -2.18. The molecule has 1 aromatic heterocycles. The molecule has 5 nitrogen and oxygen atoms in total. The molecule has 0 aliphatic rings. The maximum Gasteiger partial charge on any atom is 0.342 e. The van der Waals surface area contributed by atoms with E-state index in [1.165, 1.54) is 6.07 Å². The molecule has 0 bridgehead atoms. The molecule has 0 radical (unpaired) electrons. The third-order valence-corrected chi connectivity index (χ3v) is 2.60. The molecule has 0 aliphatic carbocycles. The number of carbonyl (C=O) groups is 1. The van der Waals surface area contributed by atoms with Gasteiger partial charge in [0, 0.05) is 21.8 Å². The van der Waals surface area contributed by atoms with Gasteiger partial charge >= 0.3 is 5.97 Å². The largest absolute Gasteiger partial charge is 0.477 e. The van der Waals surface area contributed by atoms with Gasteiger partial charge < -0.3 is 10.1 Å². The number of aromatic amines is 1. The number of carboxylic acid groups (broad SMARTS) is 1. The maximum absolute atomic E-state index is 11.5. The average Bonchev–Trinajstić information content (AvgIpc) is 2.26.